The van der Waals surface area contributed by atoms with Crippen LogP contribution in [-0.2, 0) is 6.18 Å². The number of nitrogens with two attached hydrogens (primary N) is 1. The minimum absolute atomic E-state index is 0.0599. The maximum absolute atomic E-state index is 12.7. The van der Waals surface area contributed by atoms with Gasteiger partial charge >= 0.3 is 6.18 Å². The van der Waals surface area contributed by atoms with Gasteiger partial charge in [0, 0.05) is 5.69 Å². The van der Waals surface area contributed by atoms with E-state index in [4.69, 9.17) is 16.3 Å². The average Bonchev–Trinajstić information content (AvgIpc) is 2.47. The monoisotopic (exact) mass is 304 g/mol. The third kappa shape index (κ3) is 3.04. The molecule has 6 nitrogen and oxygen atoms in total. The quantitative estimate of drug-likeness (QED) is 0.882. The Morgan fingerprint density at radius 3 is 2.36 bits per heavy atom. The first-order chi connectivity index (χ1) is 10.3. The number of anilines is 3. The van der Waals surface area contributed by atoms with E-state index < -0.39 is 11.7 Å². The van der Waals surface area contributed by atoms with Gasteiger partial charge in [0.15, 0.2) is 23.0 Å². The molecule has 1 aromatic carbocycles. The van der Waals surface area contributed by atoms with Gasteiger partial charge in [0.05, 0.1) is 5.56 Å². The van der Waals surface area contributed by atoms with Crippen LogP contribution in [0.1, 0.15) is 17.0 Å². The first-order valence-electron chi connectivity index (χ1n) is 5.77. The normalized spacial score (nSPS) is 10.6. The summed E-state index contributed by atoms with van der Waals surface area (Å²) in [6, 6.07) is 7.71. The largest absolute Gasteiger partial charge is 0.416 e. The number of hydrogen-bond donors (Lipinski definition) is 2. The molecule has 1 aromatic heterocycles. The zero-order valence-corrected chi connectivity index (χ0v) is 10.8. The maximum Gasteiger partial charge on any atom is 0.416 e. The van der Waals surface area contributed by atoms with Crippen LogP contribution in [0.15, 0.2) is 24.3 Å². The summed E-state index contributed by atoms with van der Waals surface area (Å²) in [7, 11) is 0. The molecule has 9 heteroatoms. The van der Waals surface area contributed by atoms with E-state index in [1.54, 1.807) is 12.1 Å². The van der Waals surface area contributed by atoms with E-state index in [0.717, 1.165) is 12.1 Å². The van der Waals surface area contributed by atoms with Crippen LogP contribution in [0.25, 0.3) is 0 Å². The zero-order chi connectivity index (χ0) is 16.3. The number of benzene rings is 1. The van der Waals surface area contributed by atoms with Crippen molar-refractivity contribution in [3.05, 3.63) is 41.2 Å². The van der Waals surface area contributed by atoms with Gasteiger partial charge in [-0.3, -0.25) is 0 Å². The number of nitrogen functional groups attached to an aromatic ring is 1. The van der Waals surface area contributed by atoms with Crippen molar-refractivity contribution in [1.29, 1.82) is 10.5 Å². The lowest BCUT2D eigenvalue weighted by Gasteiger charge is -2.11. The highest BCUT2D eigenvalue weighted by molar-refractivity contribution is 5.64. The Balaban J connectivity index is 2.42. The molecule has 22 heavy (non-hydrogen) atoms. The lowest BCUT2D eigenvalue weighted by Crippen LogP contribution is -2.08. The summed E-state index contributed by atoms with van der Waals surface area (Å²) in [5.74, 6) is -0.352. The van der Waals surface area contributed by atoms with Crippen LogP contribution in [0.5, 0.6) is 0 Å². The van der Waals surface area contributed by atoms with Gasteiger partial charge in [-0.05, 0) is 18.2 Å². The molecule has 0 fully saturated rings. The second kappa shape index (κ2) is 5.58. The number of hydrogen-bond acceptors (Lipinski definition) is 6. The van der Waals surface area contributed by atoms with Crippen molar-refractivity contribution in [3.63, 3.8) is 0 Å². The molecule has 0 atom stereocenters. The predicted molar refractivity (Wildman–Crippen MR) is 70.6 cm³/mol. The highest BCUT2D eigenvalue weighted by atomic mass is 19.4. The Hall–Kier alpha value is -3.33. The zero-order valence-electron chi connectivity index (χ0n) is 10.8. The van der Waals surface area contributed by atoms with Gasteiger partial charge < -0.3 is 11.1 Å². The number of aromatic nitrogens is 2. The fraction of sp³-hybridized carbons (Fsp3) is 0.0769. The molecule has 0 radical (unpaired) electrons. The third-order valence-electron chi connectivity index (χ3n) is 2.59. The molecule has 0 unspecified atom stereocenters. The highest BCUT2D eigenvalue weighted by Crippen LogP contribution is 2.31. The molecule has 0 aliphatic carbocycles. The van der Waals surface area contributed by atoms with Gasteiger partial charge in [0.1, 0.15) is 12.1 Å². The maximum atomic E-state index is 12.7. The summed E-state index contributed by atoms with van der Waals surface area (Å²) in [6.07, 6.45) is -4.49. The van der Waals surface area contributed by atoms with Crippen molar-refractivity contribution in [2.75, 3.05) is 11.1 Å². The Morgan fingerprint density at radius 1 is 1.09 bits per heavy atom. The van der Waals surface area contributed by atoms with E-state index in [2.05, 4.69) is 15.3 Å². The third-order valence-corrected chi connectivity index (χ3v) is 2.59. The Kier molecular flexibility index (Phi) is 3.82. The molecule has 110 valence electrons. The summed E-state index contributed by atoms with van der Waals surface area (Å²) >= 11 is 0. The van der Waals surface area contributed by atoms with Crippen molar-refractivity contribution in [1.82, 2.24) is 9.97 Å². The van der Waals surface area contributed by atoms with Crippen molar-refractivity contribution >= 4 is 17.3 Å². The van der Waals surface area contributed by atoms with Gasteiger partial charge in [0.2, 0.25) is 0 Å². The number of halogens is 3. The fourth-order valence-corrected chi connectivity index (χ4v) is 1.61. The highest BCUT2D eigenvalue weighted by Gasteiger charge is 2.30. The van der Waals surface area contributed by atoms with Crippen molar-refractivity contribution in [2.24, 2.45) is 0 Å². The number of alkyl halides is 3. The number of nitrogens with zero attached hydrogens (tertiary/aromatic N) is 4. The molecule has 0 bridgehead atoms. The predicted octanol–water partition coefficient (Wildman–Crippen LogP) is 2.56. The molecule has 0 saturated carbocycles. The second-order valence-electron chi connectivity index (χ2n) is 4.08. The number of nitriles is 2. The van der Waals surface area contributed by atoms with E-state index in [1.807, 2.05) is 0 Å². The Bertz CT molecular complexity index is 801. The molecule has 1 heterocycles. The van der Waals surface area contributed by atoms with Gasteiger partial charge in [-0.15, -0.1) is 0 Å². The molecule has 3 N–H and O–H groups in total. The van der Waals surface area contributed by atoms with Crippen molar-refractivity contribution < 1.29 is 13.2 Å². The van der Waals surface area contributed by atoms with Crippen LogP contribution in [0.2, 0.25) is 0 Å². The standard InChI is InChI=1S/C13H7F3N6/c14-13(15,16)7-2-1-3-8(4-7)20-12-10(6-18)21-9(5-17)11(19)22-12/h1-4H,(H3,19,20,22). The molecule has 0 aliphatic heterocycles. The van der Waals surface area contributed by atoms with Crippen molar-refractivity contribution in [3.8, 4) is 12.1 Å². The van der Waals surface area contributed by atoms with E-state index in [9.17, 15) is 13.2 Å². The summed E-state index contributed by atoms with van der Waals surface area (Å²) in [6.45, 7) is 0. The van der Waals surface area contributed by atoms with Gasteiger partial charge in [-0.1, -0.05) is 6.07 Å². The van der Waals surface area contributed by atoms with Crippen LogP contribution in [0, 0.1) is 22.7 Å². The Morgan fingerprint density at radius 2 is 1.77 bits per heavy atom. The van der Waals surface area contributed by atoms with Gasteiger partial charge in [-0.2, -0.15) is 23.7 Å². The fourth-order valence-electron chi connectivity index (χ4n) is 1.61. The topological polar surface area (TPSA) is 111 Å². The Labute approximate surface area is 122 Å². The van der Waals surface area contributed by atoms with Gasteiger partial charge in [0.25, 0.3) is 0 Å². The SMILES string of the molecule is N#Cc1nc(C#N)c(Nc2cccc(C(F)(F)F)c2)nc1N. The summed E-state index contributed by atoms with van der Waals surface area (Å²) < 4.78 is 38.0. The molecular formula is C13H7F3N6. The van der Waals surface area contributed by atoms with Crippen LogP contribution in [-0.4, -0.2) is 9.97 Å². The van der Waals surface area contributed by atoms with Gasteiger partial charge in [-0.25, -0.2) is 9.97 Å². The first-order valence-corrected chi connectivity index (χ1v) is 5.77. The van der Waals surface area contributed by atoms with Crippen LogP contribution < -0.4 is 11.1 Å². The average molecular weight is 304 g/mol. The summed E-state index contributed by atoms with van der Waals surface area (Å²) in [4.78, 5) is 7.46. The number of nitrogens with one attached hydrogen (secondary N) is 1. The summed E-state index contributed by atoms with van der Waals surface area (Å²) in [5.41, 5.74) is 4.21. The lowest BCUT2D eigenvalue weighted by atomic mass is 10.2. The smallest absolute Gasteiger partial charge is 0.381 e. The first kappa shape index (κ1) is 15.1. The van der Waals surface area contributed by atoms with E-state index in [-0.39, 0.29) is 28.7 Å². The lowest BCUT2D eigenvalue weighted by molar-refractivity contribution is -0.137. The molecule has 2 rings (SSSR count). The second-order valence-corrected chi connectivity index (χ2v) is 4.08. The molecular weight excluding hydrogens is 297 g/mol. The van der Waals surface area contributed by atoms with E-state index in [1.165, 1.54) is 12.1 Å². The molecule has 0 amide bonds. The molecule has 0 spiro atoms. The van der Waals surface area contributed by atoms with Crippen LogP contribution >= 0.6 is 0 Å². The minimum Gasteiger partial charge on any atom is -0.381 e. The van der Waals surface area contributed by atoms with Crippen LogP contribution in [0.4, 0.5) is 30.5 Å². The molecule has 2 aromatic rings. The molecule has 0 saturated heterocycles. The molecule has 0 aliphatic rings. The van der Waals surface area contributed by atoms with E-state index in [0.29, 0.717) is 0 Å². The van der Waals surface area contributed by atoms with Crippen molar-refractivity contribution in [2.45, 2.75) is 6.18 Å². The minimum atomic E-state index is -4.49. The van der Waals surface area contributed by atoms with Crippen LogP contribution in [0.3, 0.4) is 0 Å². The number of rotatable bonds is 2. The van der Waals surface area contributed by atoms with E-state index >= 15 is 0 Å². The summed E-state index contributed by atoms with van der Waals surface area (Å²) in [5, 5.41) is 20.3.